The molecule has 0 aliphatic heterocycles. The lowest BCUT2D eigenvalue weighted by molar-refractivity contribution is 1.07. The molecule has 54 heavy (non-hydrogen) atoms. The minimum absolute atomic E-state index is 0.616. The second-order valence-corrected chi connectivity index (χ2v) is 13.6. The van der Waals surface area contributed by atoms with Gasteiger partial charge in [-0.3, -0.25) is 0 Å². The second kappa shape index (κ2) is 12.1. The summed E-state index contributed by atoms with van der Waals surface area (Å²) in [6.07, 6.45) is 0. The zero-order chi connectivity index (χ0) is 35.6. The van der Waals surface area contributed by atoms with Crippen LogP contribution in [0.4, 0.5) is 0 Å². The van der Waals surface area contributed by atoms with Gasteiger partial charge in [0, 0.05) is 43.9 Å². The van der Waals surface area contributed by atoms with E-state index in [2.05, 4.69) is 179 Å². The molecule has 0 radical (unpaired) electrons. The Kier molecular flexibility index (Phi) is 6.79. The first kappa shape index (κ1) is 30.3. The van der Waals surface area contributed by atoms with Gasteiger partial charge in [-0.1, -0.05) is 133 Å². The molecule has 0 spiro atoms. The summed E-state index contributed by atoms with van der Waals surface area (Å²) in [6.45, 7) is 0. The van der Waals surface area contributed by atoms with Gasteiger partial charge in [0.2, 0.25) is 0 Å². The summed E-state index contributed by atoms with van der Waals surface area (Å²) < 4.78 is 4.70. The summed E-state index contributed by atoms with van der Waals surface area (Å²) >= 11 is 0. The van der Waals surface area contributed by atoms with Gasteiger partial charge in [0.15, 0.2) is 17.5 Å². The molecular weight excluding hydrogens is 659 g/mol. The molecule has 5 nitrogen and oxygen atoms in total. The van der Waals surface area contributed by atoms with Crippen LogP contribution in [-0.4, -0.2) is 24.1 Å². The second-order valence-electron chi connectivity index (χ2n) is 13.6. The number of hydrogen-bond acceptors (Lipinski definition) is 3. The molecule has 5 heteroatoms. The van der Waals surface area contributed by atoms with Crippen molar-refractivity contribution in [2.45, 2.75) is 0 Å². The Morgan fingerprint density at radius 1 is 0.333 bits per heavy atom. The Labute approximate surface area is 311 Å². The third-order valence-electron chi connectivity index (χ3n) is 10.5. The summed E-state index contributed by atoms with van der Waals surface area (Å²) in [5.41, 5.74) is 9.43. The summed E-state index contributed by atoms with van der Waals surface area (Å²) in [4.78, 5) is 15.8. The minimum Gasteiger partial charge on any atom is -0.309 e. The average Bonchev–Trinajstić information content (AvgIpc) is 3.76. The molecule has 0 amide bonds. The van der Waals surface area contributed by atoms with Crippen molar-refractivity contribution >= 4 is 54.4 Å². The molecule has 0 atom stereocenters. The lowest BCUT2D eigenvalue weighted by atomic mass is 10.0. The minimum atomic E-state index is 0.616. The Morgan fingerprint density at radius 3 is 1.69 bits per heavy atom. The van der Waals surface area contributed by atoms with Gasteiger partial charge in [-0.15, -0.1) is 0 Å². The predicted octanol–water partition coefficient (Wildman–Crippen LogP) is 12.2. The molecule has 0 fully saturated rings. The van der Waals surface area contributed by atoms with Crippen LogP contribution in [0.15, 0.2) is 188 Å². The average molecular weight is 690 g/mol. The monoisotopic (exact) mass is 689 g/mol. The van der Waals surface area contributed by atoms with Crippen LogP contribution in [0, 0.1) is 0 Å². The third kappa shape index (κ3) is 4.69. The van der Waals surface area contributed by atoms with Crippen molar-refractivity contribution in [3.8, 4) is 45.5 Å². The Balaban J connectivity index is 1.20. The number of nitrogens with zero attached hydrogens (tertiary/aromatic N) is 5. The first-order valence-electron chi connectivity index (χ1n) is 18.2. The molecule has 0 unspecified atom stereocenters. The van der Waals surface area contributed by atoms with Gasteiger partial charge in [0.25, 0.3) is 0 Å². The molecule has 3 heterocycles. The zero-order valence-electron chi connectivity index (χ0n) is 29.1. The van der Waals surface area contributed by atoms with Crippen LogP contribution in [0.25, 0.3) is 99.9 Å². The number of aromatic nitrogens is 5. The number of fused-ring (bicyclic) bond motifs is 7. The van der Waals surface area contributed by atoms with E-state index in [1.54, 1.807) is 0 Å². The van der Waals surface area contributed by atoms with Crippen LogP contribution in [0.5, 0.6) is 0 Å². The van der Waals surface area contributed by atoms with Gasteiger partial charge in [0.05, 0.1) is 27.8 Å². The first-order valence-corrected chi connectivity index (χ1v) is 18.2. The van der Waals surface area contributed by atoms with Crippen LogP contribution in [-0.2, 0) is 0 Å². The SMILES string of the molecule is c1ccc(-c2nc(-c3ccccc3-n3c4ccccc4c4cc5ccccc5cc43)nc(-c3cccc4c3c3ccccc3n4-c3ccccc3)n2)cc1. The maximum absolute atomic E-state index is 5.37. The molecule has 0 saturated heterocycles. The van der Waals surface area contributed by atoms with Gasteiger partial charge < -0.3 is 9.13 Å². The largest absolute Gasteiger partial charge is 0.309 e. The van der Waals surface area contributed by atoms with E-state index in [0.29, 0.717) is 17.5 Å². The highest BCUT2D eigenvalue weighted by atomic mass is 15.1. The molecule has 0 N–H and O–H groups in total. The summed E-state index contributed by atoms with van der Waals surface area (Å²) in [5, 5.41) is 7.09. The summed E-state index contributed by atoms with van der Waals surface area (Å²) in [6, 6.07) is 66.1. The summed E-state index contributed by atoms with van der Waals surface area (Å²) in [5.74, 6) is 1.87. The molecular formula is C49H31N5. The zero-order valence-corrected chi connectivity index (χ0v) is 29.1. The van der Waals surface area contributed by atoms with Crippen LogP contribution >= 0.6 is 0 Å². The molecule has 8 aromatic carbocycles. The van der Waals surface area contributed by atoms with Crippen LogP contribution < -0.4 is 0 Å². The number of rotatable bonds is 5. The Hall–Kier alpha value is -7.37. The Morgan fingerprint density at radius 2 is 0.889 bits per heavy atom. The fourth-order valence-corrected chi connectivity index (χ4v) is 8.17. The van der Waals surface area contributed by atoms with Gasteiger partial charge in [0.1, 0.15) is 0 Å². The van der Waals surface area contributed by atoms with E-state index in [9.17, 15) is 0 Å². The normalized spacial score (nSPS) is 11.7. The smallest absolute Gasteiger partial charge is 0.166 e. The molecule has 0 aliphatic carbocycles. The van der Waals surface area contributed by atoms with Crippen LogP contribution in [0.2, 0.25) is 0 Å². The maximum Gasteiger partial charge on any atom is 0.166 e. The first-order chi connectivity index (χ1) is 26.8. The van der Waals surface area contributed by atoms with Gasteiger partial charge >= 0.3 is 0 Å². The number of para-hydroxylation sites is 4. The van der Waals surface area contributed by atoms with E-state index >= 15 is 0 Å². The lowest BCUT2D eigenvalue weighted by Crippen LogP contribution is -2.03. The predicted molar refractivity (Wildman–Crippen MR) is 222 cm³/mol. The number of benzene rings is 8. The quantitative estimate of drug-likeness (QED) is 0.181. The van der Waals surface area contributed by atoms with Crippen molar-refractivity contribution in [2.75, 3.05) is 0 Å². The van der Waals surface area contributed by atoms with E-state index in [-0.39, 0.29) is 0 Å². The fourth-order valence-electron chi connectivity index (χ4n) is 8.17. The van der Waals surface area contributed by atoms with Crippen LogP contribution in [0.3, 0.4) is 0 Å². The van der Waals surface area contributed by atoms with E-state index in [1.165, 1.54) is 21.5 Å². The molecule has 0 aliphatic rings. The fraction of sp³-hybridized carbons (Fsp3) is 0. The molecule has 11 aromatic rings. The highest BCUT2D eigenvalue weighted by Crippen LogP contribution is 2.40. The highest BCUT2D eigenvalue weighted by Gasteiger charge is 2.22. The van der Waals surface area contributed by atoms with E-state index < -0.39 is 0 Å². The third-order valence-corrected chi connectivity index (χ3v) is 10.5. The maximum atomic E-state index is 5.37. The molecule has 11 rings (SSSR count). The summed E-state index contributed by atoms with van der Waals surface area (Å²) in [7, 11) is 0. The van der Waals surface area contributed by atoms with Crippen molar-refractivity contribution in [3.63, 3.8) is 0 Å². The van der Waals surface area contributed by atoms with E-state index in [0.717, 1.165) is 60.9 Å². The van der Waals surface area contributed by atoms with Crippen molar-refractivity contribution in [3.05, 3.63) is 188 Å². The molecule has 0 saturated carbocycles. The lowest BCUT2D eigenvalue weighted by Gasteiger charge is -2.15. The highest BCUT2D eigenvalue weighted by molar-refractivity contribution is 6.16. The van der Waals surface area contributed by atoms with Crippen LogP contribution in [0.1, 0.15) is 0 Å². The van der Waals surface area contributed by atoms with Crippen molar-refractivity contribution in [1.29, 1.82) is 0 Å². The standard InChI is InChI=1S/C49H31N5/c1-3-16-32(17-4-1)47-50-48(52-49(51-47)39-25-15-29-44-46(39)37-23-10-13-27-42(37)53(44)35-20-5-2-6-21-35)38-24-11-14-28-43(38)54-41-26-12-9-22-36(41)40-30-33-18-7-8-19-34(33)31-45(40)54/h1-31H. The van der Waals surface area contributed by atoms with Crippen molar-refractivity contribution < 1.29 is 0 Å². The Bertz CT molecular complexity index is 3210. The molecule has 0 bridgehead atoms. The molecule has 252 valence electrons. The van der Waals surface area contributed by atoms with Crippen molar-refractivity contribution in [2.24, 2.45) is 0 Å². The van der Waals surface area contributed by atoms with Crippen molar-refractivity contribution in [1.82, 2.24) is 24.1 Å². The van der Waals surface area contributed by atoms with Gasteiger partial charge in [-0.25, -0.2) is 15.0 Å². The number of hydrogen-bond donors (Lipinski definition) is 0. The van der Waals surface area contributed by atoms with Gasteiger partial charge in [-0.05, 0) is 65.4 Å². The van der Waals surface area contributed by atoms with E-state index in [4.69, 9.17) is 15.0 Å². The molecule has 3 aromatic heterocycles. The van der Waals surface area contributed by atoms with E-state index in [1.807, 2.05) is 18.2 Å². The van der Waals surface area contributed by atoms with Gasteiger partial charge in [-0.2, -0.15) is 0 Å². The topological polar surface area (TPSA) is 48.5 Å².